The van der Waals surface area contributed by atoms with Gasteiger partial charge in [-0.25, -0.2) is 8.42 Å². The van der Waals surface area contributed by atoms with Gasteiger partial charge >= 0.3 is 0 Å². The largest absolute Gasteiger partial charge is 0.326 e. The average molecular weight is 430 g/mol. The van der Waals surface area contributed by atoms with Crippen LogP contribution in [0.1, 0.15) is 39.7 Å². The van der Waals surface area contributed by atoms with Crippen LogP contribution in [0.4, 0.5) is 17.1 Å². The molecule has 2 amide bonds. The fraction of sp³-hybridized carbons (Fsp3) is 0.364. The molecule has 1 heterocycles. The highest BCUT2D eigenvalue weighted by molar-refractivity contribution is 7.92. The summed E-state index contributed by atoms with van der Waals surface area (Å²) in [6.07, 6.45) is 1.09. The molecule has 0 radical (unpaired) electrons. The van der Waals surface area contributed by atoms with Crippen molar-refractivity contribution in [2.75, 3.05) is 21.5 Å². The van der Waals surface area contributed by atoms with Gasteiger partial charge in [0.05, 0.1) is 10.6 Å². The van der Waals surface area contributed by atoms with Crippen molar-refractivity contribution in [2.24, 2.45) is 5.41 Å². The zero-order chi connectivity index (χ0) is 22.1. The summed E-state index contributed by atoms with van der Waals surface area (Å²) in [6, 6.07) is 11.2. The van der Waals surface area contributed by atoms with Crippen molar-refractivity contribution < 1.29 is 18.0 Å². The molecule has 0 spiro atoms. The van der Waals surface area contributed by atoms with E-state index >= 15 is 0 Å². The molecule has 8 heteroatoms. The third kappa shape index (κ3) is 4.64. The van der Waals surface area contributed by atoms with Gasteiger partial charge in [0.2, 0.25) is 11.8 Å². The van der Waals surface area contributed by atoms with E-state index in [0.29, 0.717) is 24.3 Å². The number of fused-ring (bicyclic) bond motifs is 1. The van der Waals surface area contributed by atoms with Crippen LogP contribution < -0.4 is 14.9 Å². The Morgan fingerprint density at radius 1 is 1.03 bits per heavy atom. The lowest BCUT2D eigenvalue weighted by atomic mass is 9.94. The number of carbonyl (C=O) groups excluding carboxylic acids is 2. The lowest BCUT2D eigenvalue weighted by molar-refractivity contribution is -0.125. The number of anilines is 3. The summed E-state index contributed by atoms with van der Waals surface area (Å²) in [4.78, 5) is 26.0. The van der Waals surface area contributed by atoms with E-state index in [1.807, 2.05) is 26.8 Å². The Bertz CT molecular complexity index is 1070. The summed E-state index contributed by atoms with van der Waals surface area (Å²) < 4.78 is 28.2. The fourth-order valence-electron chi connectivity index (χ4n) is 3.24. The quantitative estimate of drug-likeness (QED) is 0.756. The van der Waals surface area contributed by atoms with Gasteiger partial charge in [-0.3, -0.25) is 14.3 Å². The van der Waals surface area contributed by atoms with Gasteiger partial charge in [0.1, 0.15) is 0 Å². The number of hydrogen-bond donors (Lipinski definition) is 2. The standard InChI is InChI=1S/C22H27N3O4S/c1-5-20(26)23-16-8-10-18(11-9-16)30(28,29)24-17-7-6-15-12-13-25(19(15)14-17)21(27)22(2,3)4/h6-11,14,24H,5,12-13H2,1-4H3,(H,23,26). The van der Waals surface area contributed by atoms with E-state index in [1.165, 1.54) is 12.1 Å². The van der Waals surface area contributed by atoms with Crippen LogP contribution in [0.15, 0.2) is 47.4 Å². The summed E-state index contributed by atoms with van der Waals surface area (Å²) in [6.45, 7) is 7.93. The van der Waals surface area contributed by atoms with Crippen molar-refractivity contribution in [3.63, 3.8) is 0 Å². The number of nitrogens with one attached hydrogen (secondary N) is 2. The smallest absolute Gasteiger partial charge is 0.261 e. The van der Waals surface area contributed by atoms with E-state index in [9.17, 15) is 18.0 Å². The first-order valence-corrected chi connectivity index (χ1v) is 11.4. The van der Waals surface area contributed by atoms with E-state index in [1.54, 1.807) is 36.1 Å². The summed E-state index contributed by atoms with van der Waals surface area (Å²) >= 11 is 0. The minimum Gasteiger partial charge on any atom is -0.326 e. The maximum Gasteiger partial charge on any atom is 0.261 e. The predicted molar refractivity (Wildman–Crippen MR) is 118 cm³/mol. The molecule has 0 aliphatic carbocycles. The van der Waals surface area contributed by atoms with Crippen LogP contribution >= 0.6 is 0 Å². The Morgan fingerprint density at radius 3 is 2.27 bits per heavy atom. The molecule has 0 aromatic heterocycles. The van der Waals surface area contributed by atoms with Gasteiger partial charge in [0, 0.05) is 29.8 Å². The highest BCUT2D eigenvalue weighted by Crippen LogP contribution is 2.34. The van der Waals surface area contributed by atoms with Crippen molar-refractivity contribution in [3.05, 3.63) is 48.0 Å². The van der Waals surface area contributed by atoms with Crippen molar-refractivity contribution in [1.82, 2.24) is 0 Å². The van der Waals surface area contributed by atoms with E-state index in [-0.39, 0.29) is 16.7 Å². The van der Waals surface area contributed by atoms with E-state index < -0.39 is 15.4 Å². The third-order valence-corrected chi connectivity index (χ3v) is 6.29. The second kappa shape index (κ2) is 8.10. The molecule has 2 aromatic carbocycles. The van der Waals surface area contributed by atoms with Crippen molar-refractivity contribution in [2.45, 2.75) is 45.4 Å². The second-order valence-electron chi connectivity index (χ2n) is 8.33. The topological polar surface area (TPSA) is 95.6 Å². The van der Waals surface area contributed by atoms with Crippen LogP contribution in [0, 0.1) is 5.41 Å². The molecule has 30 heavy (non-hydrogen) atoms. The molecule has 0 bridgehead atoms. The molecule has 0 saturated heterocycles. The molecular weight excluding hydrogens is 402 g/mol. The summed E-state index contributed by atoms with van der Waals surface area (Å²) in [7, 11) is -3.81. The van der Waals surface area contributed by atoms with Gasteiger partial charge in [0.15, 0.2) is 0 Å². The van der Waals surface area contributed by atoms with Gasteiger partial charge in [-0.15, -0.1) is 0 Å². The molecule has 1 aliphatic heterocycles. The van der Waals surface area contributed by atoms with Crippen LogP contribution in [0.25, 0.3) is 0 Å². The van der Waals surface area contributed by atoms with E-state index in [2.05, 4.69) is 10.0 Å². The number of rotatable bonds is 5. The molecule has 0 saturated carbocycles. The van der Waals surface area contributed by atoms with Crippen molar-refractivity contribution in [1.29, 1.82) is 0 Å². The molecule has 7 nitrogen and oxygen atoms in total. The highest BCUT2D eigenvalue weighted by Gasteiger charge is 2.32. The minimum absolute atomic E-state index is 0.00553. The average Bonchev–Trinajstić information content (AvgIpc) is 3.09. The fourth-order valence-corrected chi connectivity index (χ4v) is 4.29. The van der Waals surface area contributed by atoms with Crippen LogP contribution in [0.3, 0.4) is 0 Å². The minimum atomic E-state index is -3.81. The SMILES string of the molecule is CCC(=O)Nc1ccc(S(=O)(=O)Nc2ccc3c(c2)N(C(=O)C(C)(C)C)CC3)cc1. The molecule has 3 rings (SSSR count). The number of nitrogens with zero attached hydrogens (tertiary/aromatic N) is 1. The molecule has 160 valence electrons. The molecule has 0 fully saturated rings. The molecule has 2 N–H and O–H groups in total. The lowest BCUT2D eigenvalue weighted by Gasteiger charge is -2.26. The Labute approximate surface area is 177 Å². The first-order chi connectivity index (χ1) is 14.0. The van der Waals surface area contributed by atoms with Crippen LogP contribution in [0.5, 0.6) is 0 Å². The Morgan fingerprint density at radius 2 is 1.67 bits per heavy atom. The van der Waals surface area contributed by atoms with Crippen LogP contribution in [-0.2, 0) is 26.0 Å². The maximum atomic E-state index is 12.8. The first kappa shape index (κ1) is 21.8. The number of benzene rings is 2. The third-order valence-electron chi connectivity index (χ3n) is 4.89. The highest BCUT2D eigenvalue weighted by atomic mass is 32.2. The monoisotopic (exact) mass is 429 g/mol. The maximum absolute atomic E-state index is 12.8. The Balaban J connectivity index is 1.81. The van der Waals surface area contributed by atoms with Gasteiger partial charge in [0.25, 0.3) is 10.0 Å². The van der Waals surface area contributed by atoms with Gasteiger partial charge < -0.3 is 10.2 Å². The van der Waals surface area contributed by atoms with Crippen LogP contribution in [0.2, 0.25) is 0 Å². The Hall–Kier alpha value is -2.87. The van der Waals surface area contributed by atoms with Gasteiger partial charge in [-0.2, -0.15) is 0 Å². The zero-order valence-corrected chi connectivity index (χ0v) is 18.5. The van der Waals surface area contributed by atoms with Gasteiger partial charge in [-0.05, 0) is 48.4 Å². The number of carbonyl (C=O) groups is 2. The summed E-state index contributed by atoms with van der Waals surface area (Å²) in [5, 5.41) is 2.68. The summed E-state index contributed by atoms with van der Waals surface area (Å²) in [5.74, 6) is -0.137. The zero-order valence-electron chi connectivity index (χ0n) is 17.7. The Kier molecular flexibility index (Phi) is 5.90. The number of amides is 2. The number of hydrogen-bond acceptors (Lipinski definition) is 4. The van der Waals surface area contributed by atoms with E-state index in [4.69, 9.17) is 0 Å². The first-order valence-electron chi connectivity index (χ1n) is 9.89. The number of sulfonamides is 1. The molecular formula is C22H27N3O4S. The second-order valence-corrected chi connectivity index (χ2v) is 10.0. The van der Waals surface area contributed by atoms with E-state index in [0.717, 1.165) is 17.7 Å². The van der Waals surface area contributed by atoms with Gasteiger partial charge in [-0.1, -0.05) is 33.8 Å². The molecule has 2 aromatic rings. The van der Waals surface area contributed by atoms with Crippen molar-refractivity contribution in [3.8, 4) is 0 Å². The van der Waals surface area contributed by atoms with Crippen LogP contribution in [-0.4, -0.2) is 26.8 Å². The molecule has 0 atom stereocenters. The molecule has 0 unspecified atom stereocenters. The molecule has 1 aliphatic rings. The normalized spacial score (nSPS) is 13.7. The predicted octanol–water partition coefficient (Wildman–Crippen LogP) is 3.77. The van der Waals surface area contributed by atoms with Crippen molar-refractivity contribution >= 4 is 38.9 Å². The lowest BCUT2D eigenvalue weighted by Crippen LogP contribution is -2.38. The summed E-state index contributed by atoms with van der Waals surface area (Å²) in [5.41, 5.74) is 2.17.